The van der Waals surface area contributed by atoms with Gasteiger partial charge < -0.3 is 14.6 Å². The predicted octanol–water partition coefficient (Wildman–Crippen LogP) is 4.65. The largest absolute Gasteiger partial charge is 0.495 e. The second kappa shape index (κ2) is 10.6. The van der Waals surface area contributed by atoms with Crippen molar-refractivity contribution in [3.63, 3.8) is 0 Å². The number of hydrogen-bond acceptors (Lipinski definition) is 6. The highest BCUT2D eigenvalue weighted by molar-refractivity contribution is 7.89. The van der Waals surface area contributed by atoms with Crippen molar-refractivity contribution in [3.05, 3.63) is 70.9 Å². The molecule has 0 radical (unpaired) electrons. The van der Waals surface area contributed by atoms with Gasteiger partial charge in [0.2, 0.25) is 15.9 Å². The standard InChI is InChI=1S/C26H28FN3O5S/c1-17-8-10-23(34-3)22(16-17)28-26(31)20-12-14-30(15-13-20)36(32,33)25-18(2)29-35-24(25)11-9-19-6-4-5-7-21(19)27/h4-11,16,20H,12-15H2,1-3H3,(H,28,31). The third kappa shape index (κ3) is 5.34. The van der Waals surface area contributed by atoms with Crippen molar-refractivity contribution in [2.24, 2.45) is 5.92 Å². The maximum Gasteiger partial charge on any atom is 0.248 e. The van der Waals surface area contributed by atoms with Crippen LogP contribution >= 0.6 is 0 Å². The van der Waals surface area contributed by atoms with Crippen molar-refractivity contribution in [2.45, 2.75) is 31.6 Å². The molecule has 0 atom stereocenters. The number of carbonyl (C=O) groups excluding carboxylic acids is 1. The van der Waals surface area contributed by atoms with E-state index in [4.69, 9.17) is 9.26 Å². The Kier molecular flexibility index (Phi) is 7.56. The molecule has 1 fully saturated rings. The third-order valence-corrected chi connectivity index (χ3v) is 8.25. The minimum atomic E-state index is -3.94. The second-order valence-corrected chi connectivity index (χ2v) is 10.6. The number of benzene rings is 2. The molecule has 0 unspecified atom stereocenters. The number of halogens is 1. The van der Waals surface area contributed by atoms with Crippen LogP contribution < -0.4 is 10.1 Å². The second-order valence-electron chi connectivity index (χ2n) is 8.69. The van der Waals surface area contributed by atoms with Gasteiger partial charge in [-0.25, -0.2) is 12.8 Å². The smallest absolute Gasteiger partial charge is 0.248 e. The summed E-state index contributed by atoms with van der Waals surface area (Å²) in [5.41, 5.74) is 2.08. The van der Waals surface area contributed by atoms with E-state index in [9.17, 15) is 17.6 Å². The summed E-state index contributed by atoms with van der Waals surface area (Å²) in [5.74, 6) is -0.357. The van der Waals surface area contributed by atoms with Gasteiger partial charge in [0.05, 0.1) is 12.8 Å². The third-order valence-electron chi connectivity index (χ3n) is 6.19. The number of aryl methyl sites for hydroxylation is 2. The first-order chi connectivity index (χ1) is 17.2. The summed E-state index contributed by atoms with van der Waals surface area (Å²) in [6, 6.07) is 11.7. The van der Waals surface area contributed by atoms with Gasteiger partial charge >= 0.3 is 0 Å². The molecule has 0 bridgehead atoms. The number of sulfonamides is 1. The summed E-state index contributed by atoms with van der Waals surface area (Å²) >= 11 is 0. The van der Waals surface area contributed by atoms with Gasteiger partial charge in [0, 0.05) is 24.6 Å². The molecule has 1 amide bonds. The van der Waals surface area contributed by atoms with Gasteiger partial charge in [0.15, 0.2) is 10.7 Å². The van der Waals surface area contributed by atoms with E-state index in [-0.39, 0.29) is 41.3 Å². The van der Waals surface area contributed by atoms with Crippen molar-refractivity contribution >= 4 is 33.8 Å². The molecule has 1 aromatic heterocycles. The van der Waals surface area contributed by atoms with Gasteiger partial charge in [-0.05, 0) is 62.6 Å². The molecule has 4 rings (SSSR count). The maximum atomic E-state index is 14.0. The van der Waals surface area contributed by atoms with Crippen LogP contribution in [0.25, 0.3) is 12.2 Å². The Labute approximate surface area is 209 Å². The van der Waals surface area contributed by atoms with Crippen LogP contribution in [0.4, 0.5) is 10.1 Å². The highest BCUT2D eigenvalue weighted by atomic mass is 32.2. The van der Waals surface area contributed by atoms with Gasteiger partial charge in [0.25, 0.3) is 0 Å². The van der Waals surface area contributed by atoms with Crippen LogP contribution in [0.5, 0.6) is 5.75 Å². The highest BCUT2D eigenvalue weighted by Gasteiger charge is 2.36. The van der Waals surface area contributed by atoms with Gasteiger partial charge in [0.1, 0.15) is 17.3 Å². The van der Waals surface area contributed by atoms with Gasteiger partial charge in [-0.2, -0.15) is 4.31 Å². The fraction of sp³-hybridized carbons (Fsp3) is 0.308. The molecule has 8 nitrogen and oxygen atoms in total. The van der Waals surface area contributed by atoms with E-state index >= 15 is 0 Å². The van der Waals surface area contributed by atoms with Crippen LogP contribution in [-0.4, -0.2) is 44.0 Å². The lowest BCUT2D eigenvalue weighted by Gasteiger charge is -2.30. The average molecular weight is 514 g/mol. The molecular weight excluding hydrogens is 485 g/mol. The minimum absolute atomic E-state index is 0.0298. The average Bonchev–Trinajstić information content (AvgIpc) is 3.24. The molecule has 0 spiro atoms. The van der Waals surface area contributed by atoms with E-state index in [2.05, 4.69) is 10.5 Å². The van der Waals surface area contributed by atoms with Gasteiger partial charge in [-0.15, -0.1) is 0 Å². The molecule has 10 heteroatoms. The number of nitrogens with one attached hydrogen (secondary N) is 1. The number of methoxy groups -OCH3 is 1. The summed E-state index contributed by atoms with van der Waals surface area (Å²) < 4.78 is 52.8. The first kappa shape index (κ1) is 25.6. The molecule has 1 saturated heterocycles. The number of ether oxygens (including phenoxy) is 1. The Morgan fingerprint density at radius 1 is 1.17 bits per heavy atom. The molecule has 190 valence electrons. The fourth-order valence-electron chi connectivity index (χ4n) is 4.22. The first-order valence-corrected chi connectivity index (χ1v) is 13.0. The van der Waals surface area contributed by atoms with Crippen molar-refractivity contribution < 1.29 is 26.9 Å². The molecule has 2 aromatic carbocycles. The number of nitrogens with zero attached hydrogens (tertiary/aromatic N) is 2. The lowest BCUT2D eigenvalue weighted by atomic mass is 9.97. The Morgan fingerprint density at radius 2 is 1.89 bits per heavy atom. The Balaban J connectivity index is 1.46. The zero-order chi connectivity index (χ0) is 25.9. The van der Waals surface area contributed by atoms with Gasteiger partial charge in [-0.3, -0.25) is 4.79 Å². The van der Waals surface area contributed by atoms with Crippen molar-refractivity contribution in [1.29, 1.82) is 0 Å². The summed E-state index contributed by atoms with van der Waals surface area (Å²) in [7, 11) is -2.40. The molecule has 1 N–H and O–H groups in total. The number of hydrogen-bond donors (Lipinski definition) is 1. The highest BCUT2D eigenvalue weighted by Crippen LogP contribution is 2.31. The predicted molar refractivity (Wildman–Crippen MR) is 134 cm³/mol. The Morgan fingerprint density at radius 3 is 2.58 bits per heavy atom. The Hall–Kier alpha value is -3.50. The molecule has 36 heavy (non-hydrogen) atoms. The monoisotopic (exact) mass is 513 g/mol. The van der Waals surface area contributed by atoms with Crippen molar-refractivity contribution in [3.8, 4) is 5.75 Å². The zero-order valence-electron chi connectivity index (χ0n) is 20.3. The SMILES string of the molecule is COc1ccc(C)cc1NC(=O)C1CCN(S(=O)(=O)c2c(C)noc2C=Cc2ccccc2F)CC1. The van der Waals surface area contributed by atoms with Crippen LogP contribution in [0.3, 0.4) is 0 Å². The quantitative estimate of drug-likeness (QED) is 0.494. The maximum absolute atomic E-state index is 14.0. The summed E-state index contributed by atoms with van der Waals surface area (Å²) in [6.07, 6.45) is 3.58. The van der Waals surface area contributed by atoms with Crippen molar-refractivity contribution in [1.82, 2.24) is 9.46 Å². The van der Waals surface area contributed by atoms with Crippen LogP contribution in [0.15, 0.2) is 51.9 Å². The van der Waals surface area contributed by atoms with Gasteiger partial charge in [-0.1, -0.05) is 29.4 Å². The number of carbonyl (C=O) groups is 1. The lowest BCUT2D eigenvalue weighted by Crippen LogP contribution is -2.41. The molecule has 1 aliphatic heterocycles. The van der Waals surface area contributed by atoms with E-state index in [0.29, 0.717) is 29.8 Å². The summed E-state index contributed by atoms with van der Waals surface area (Å²) in [5, 5.41) is 6.74. The molecule has 2 heterocycles. The normalized spacial score (nSPS) is 15.3. The number of piperidine rings is 1. The fourth-order valence-corrected chi connectivity index (χ4v) is 5.94. The molecule has 1 aliphatic rings. The summed E-state index contributed by atoms with van der Waals surface area (Å²) in [4.78, 5) is 12.8. The molecule has 0 aliphatic carbocycles. The van der Waals surface area contributed by atoms with E-state index in [1.807, 2.05) is 19.1 Å². The molecule has 3 aromatic rings. The van der Waals surface area contributed by atoms with E-state index in [1.165, 1.54) is 29.6 Å². The number of anilines is 1. The van der Waals surface area contributed by atoms with E-state index < -0.39 is 15.8 Å². The number of amides is 1. The van der Waals surface area contributed by atoms with Crippen LogP contribution in [0.1, 0.15) is 35.4 Å². The number of rotatable bonds is 7. The molecular formula is C26H28FN3O5S. The first-order valence-electron chi connectivity index (χ1n) is 11.5. The van der Waals surface area contributed by atoms with Crippen LogP contribution in [0, 0.1) is 25.6 Å². The minimum Gasteiger partial charge on any atom is -0.495 e. The lowest BCUT2D eigenvalue weighted by molar-refractivity contribution is -0.120. The Bertz CT molecular complexity index is 1390. The van der Waals surface area contributed by atoms with E-state index in [1.54, 1.807) is 31.2 Å². The topological polar surface area (TPSA) is 102 Å². The molecule has 0 saturated carbocycles. The van der Waals surface area contributed by atoms with Crippen molar-refractivity contribution in [2.75, 3.05) is 25.5 Å². The van der Waals surface area contributed by atoms with Crippen LogP contribution in [0.2, 0.25) is 0 Å². The summed E-state index contributed by atoms with van der Waals surface area (Å²) in [6.45, 7) is 3.82. The zero-order valence-corrected chi connectivity index (χ0v) is 21.1. The van der Waals surface area contributed by atoms with E-state index in [0.717, 1.165) is 5.56 Å². The van der Waals surface area contributed by atoms with Crippen LogP contribution in [-0.2, 0) is 14.8 Å². The number of aromatic nitrogens is 1.